The van der Waals surface area contributed by atoms with Gasteiger partial charge in [0.25, 0.3) is 0 Å². The molecule has 9 fully saturated rings. The van der Waals surface area contributed by atoms with Gasteiger partial charge in [0.15, 0.2) is 0 Å². The maximum Gasteiger partial charge on any atom is 0.305 e. The Kier molecular flexibility index (Phi) is 9.81. The van der Waals surface area contributed by atoms with Gasteiger partial charge < -0.3 is 30.5 Å². The second-order valence-electron chi connectivity index (χ2n) is 22.6. The Morgan fingerprint density at radius 2 is 1.26 bits per heavy atom. The molecule has 0 aromatic heterocycles. The van der Waals surface area contributed by atoms with E-state index in [-0.39, 0.29) is 57.7 Å². The predicted molar refractivity (Wildman–Crippen MR) is 210 cm³/mol. The molecule has 0 radical (unpaired) electrons. The van der Waals surface area contributed by atoms with E-state index >= 15 is 0 Å². The molecular weight excluding hydrogens is 675 g/mol. The van der Waals surface area contributed by atoms with Crippen LogP contribution in [0, 0.1) is 81.3 Å². The first kappa shape index (κ1) is 38.8. The summed E-state index contributed by atoms with van der Waals surface area (Å²) < 4.78 is 5.90. The zero-order valence-corrected chi connectivity index (χ0v) is 34.6. The molecule has 54 heavy (non-hydrogen) atoms. The van der Waals surface area contributed by atoms with Gasteiger partial charge in [-0.25, -0.2) is 0 Å². The number of esters is 1. The molecule has 7 heteroatoms. The molecule has 1 aliphatic heterocycles. The van der Waals surface area contributed by atoms with E-state index in [1.165, 1.54) is 44.9 Å². The third-order valence-electron chi connectivity index (χ3n) is 20.8. The first-order valence-corrected chi connectivity index (χ1v) is 23.3. The molecule has 7 nitrogen and oxygen atoms in total. The number of aliphatic hydroxyl groups is 4. The van der Waals surface area contributed by atoms with Crippen molar-refractivity contribution in [3.05, 3.63) is 0 Å². The Labute approximate surface area is 326 Å². The van der Waals surface area contributed by atoms with Gasteiger partial charge in [0.2, 0.25) is 0 Å². The lowest BCUT2D eigenvalue weighted by atomic mass is 9.43. The van der Waals surface area contributed by atoms with Crippen LogP contribution in [-0.2, 0) is 9.53 Å². The third kappa shape index (κ3) is 5.66. The quantitative estimate of drug-likeness (QED) is 0.0924. The first-order valence-electron chi connectivity index (χ1n) is 23.3. The zero-order chi connectivity index (χ0) is 38.0. The van der Waals surface area contributed by atoms with Crippen LogP contribution in [0.25, 0.3) is 0 Å². The minimum Gasteiger partial charge on any atom is -0.466 e. The lowest BCUT2D eigenvalue weighted by Crippen LogP contribution is -2.59. The van der Waals surface area contributed by atoms with Gasteiger partial charge in [-0.1, -0.05) is 34.6 Å². The molecule has 1 heterocycles. The van der Waals surface area contributed by atoms with Crippen molar-refractivity contribution in [2.75, 3.05) is 6.61 Å². The topological polar surface area (TPSA) is 129 Å². The molecule has 20 atom stereocenters. The Balaban J connectivity index is 0.736. The van der Waals surface area contributed by atoms with Crippen LogP contribution in [0.2, 0.25) is 0 Å². The molecule has 0 aromatic carbocycles. The summed E-state index contributed by atoms with van der Waals surface area (Å²) in [6.45, 7) is 12.9. The number of hydrogen-bond donors (Lipinski definition) is 5. The smallest absolute Gasteiger partial charge is 0.305 e. The fourth-order valence-corrected chi connectivity index (χ4v) is 18.1. The molecule has 4 unspecified atom stereocenters. The minimum atomic E-state index is -0.276. The summed E-state index contributed by atoms with van der Waals surface area (Å²) in [6, 6.07) is 0. The van der Waals surface area contributed by atoms with Crippen LogP contribution >= 0.6 is 0 Å². The molecule has 0 bridgehead atoms. The lowest BCUT2D eigenvalue weighted by molar-refractivity contribution is -0.174. The average Bonchev–Trinajstić information content (AvgIpc) is 3.43. The first-order chi connectivity index (χ1) is 25.7. The van der Waals surface area contributed by atoms with E-state index in [1.54, 1.807) is 0 Å². The van der Waals surface area contributed by atoms with Crippen LogP contribution in [-0.4, -0.2) is 68.5 Å². The summed E-state index contributed by atoms with van der Waals surface area (Å²) in [5, 5.41) is 48.2. The van der Waals surface area contributed by atoms with Gasteiger partial charge in [0.1, 0.15) is 0 Å². The number of ether oxygens (including phenoxy) is 1. The maximum atomic E-state index is 13.1. The highest BCUT2D eigenvalue weighted by atomic mass is 16.5. The summed E-state index contributed by atoms with van der Waals surface area (Å²) in [5.41, 5.74) is 1.01. The summed E-state index contributed by atoms with van der Waals surface area (Å²) in [5.74, 6) is 5.61. The predicted octanol–water partition coefficient (Wildman–Crippen LogP) is 7.80. The highest BCUT2D eigenvalue weighted by Crippen LogP contribution is 2.73. The third-order valence-corrected chi connectivity index (χ3v) is 20.8. The van der Waals surface area contributed by atoms with E-state index in [2.05, 4.69) is 39.9 Å². The van der Waals surface area contributed by atoms with Crippen LogP contribution in [0.15, 0.2) is 0 Å². The summed E-state index contributed by atoms with van der Waals surface area (Å²) in [6.07, 6.45) is 19.7. The van der Waals surface area contributed by atoms with Gasteiger partial charge in [0, 0.05) is 23.4 Å². The number of carbonyl (C=O) groups is 1. The van der Waals surface area contributed by atoms with Crippen LogP contribution in [0.4, 0.5) is 0 Å². The number of hydrogen-bond acceptors (Lipinski definition) is 7. The van der Waals surface area contributed by atoms with Crippen molar-refractivity contribution in [2.45, 2.75) is 199 Å². The lowest BCUT2D eigenvalue weighted by Gasteiger charge is -2.62. The van der Waals surface area contributed by atoms with Crippen LogP contribution < -0.4 is 5.32 Å². The molecule has 0 aromatic rings. The van der Waals surface area contributed by atoms with Crippen molar-refractivity contribution in [3.8, 4) is 0 Å². The van der Waals surface area contributed by atoms with Crippen LogP contribution in [0.1, 0.15) is 163 Å². The molecule has 1 saturated heterocycles. The van der Waals surface area contributed by atoms with Gasteiger partial charge >= 0.3 is 5.97 Å². The van der Waals surface area contributed by atoms with Crippen molar-refractivity contribution in [1.29, 1.82) is 0 Å². The summed E-state index contributed by atoms with van der Waals surface area (Å²) in [7, 11) is 0. The van der Waals surface area contributed by atoms with Crippen molar-refractivity contribution < 1.29 is 30.0 Å². The summed E-state index contributed by atoms with van der Waals surface area (Å²) in [4.78, 5) is 13.1. The molecular formula is C47H77NO6. The van der Waals surface area contributed by atoms with E-state index in [4.69, 9.17) is 4.74 Å². The van der Waals surface area contributed by atoms with Crippen LogP contribution in [0.3, 0.4) is 0 Å². The SMILES string of the molecule is C[C@H](CCCOC(=O)CC[C@@H](C)[C@H]1CCC2[C@@H]3[C@@H](O)CC4C[C@H](O)CC[C@@]45N[C@]35CC[C@@]21C)[C@H]1CCC2[C@@H]3[C@@H](O)CC4C[C@H](O)CC[C@]4(C)[C@H]3CC[C@@]21C. The van der Waals surface area contributed by atoms with Crippen molar-refractivity contribution in [3.63, 3.8) is 0 Å². The van der Waals surface area contributed by atoms with Gasteiger partial charge in [-0.05, 0) is 197 Å². The highest BCUT2D eigenvalue weighted by Gasteiger charge is 2.80. The fourth-order valence-electron chi connectivity index (χ4n) is 18.1. The Hall–Kier alpha value is -0.730. The Morgan fingerprint density at radius 1 is 0.648 bits per heavy atom. The average molecular weight is 752 g/mol. The molecule has 8 saturated carbocycles. The van der Waals surface area contributed by atoms with Gasteiger partial charge in [-0.15, -0.1) is 0 Å². The molecule has 0 amide bonds. The number of aliphatic hydroxyl groups excluding tert-OH is 4. The monoisotopic (exact) mass is 752 g/mol. The van der Waals surface area contributed by atoms with Gasteiger partial charge in [0.05, 0.1) is 31.0 Å². The molecule has 5 N–H and O–H groups in total. The van der Waals surface area contributed by atoms with E-state index in [0.717, 1.165) is 77.0 Å². The fraction of sp³-hybridized carbons (Fsp3) is 0.979. The van der Waals surface area contributed by atoms with Gasteiger partial charge in [-0.2, -0.15) is 0 Å². The van der Waals surface area contributed by atoms with E-state index in [9.17, 15) is 25.2 Å². The Bertz CT molecular complexity index is 1420. The van der Waals surface area contributed by atoms with E-state index < -0.39 is 0 Å². The normalized spacial score (nSPS) is 55.5. The molecule has 8 aliphatic carbocycles. The maximum absolute atomic E-state index is 13.1. The van der Waals surface area contributed by atoms with Crippen molar-refractivity contribution in [1.82, 2.24) is 5.32 Å². The molecule has 9 rings (SSSR count). The standard InChI is InChI=1S/C47H77NO6/c1-27(33-9-11-35-41-36(16-18-44(33,35)4)43(3)17-14-31(49)23-29(43)25-38(41)51)7-6-22-54-40(53)13-8-28(2)34-10-12-37-42-39(52)26-30-24-32(50)15-19-46(30)47(42,48-46)21-20-45(34,37)5/h27-39,41-42,48-52H,6-26H2,1-5H3/t27-,28-,29?,30?,31-,32-,33-,34-,35?,36+,37?,38+,39+,41+,42-,43+,44-,45-,46-,47-/m1/s1. The molecule has 9 aliphatic rings. The van der Waals surface area contributed by atoms with Gasteiger partial charge in [-0.3, -0.25) is 4.79 Å². The second kappa shape index (κ2) is 13.7. The minimum absolute atomic E-state index is 0.0336. The number of nitrogens with one attached hydrogen (secondary N) is 1. The largest absolute Gasteiger partial charge is 0.466 e. The van der Waals surface area contributed by atoms with E-state index in [0.29, 0.717) is 78.1 Å². The molecule has 306 valence electrons. The number of carbonyl (C=O) groups excluding carboxylic acids is 1. The van der Waals surface area contributed by atoms with Crippen molar-refractivity contribution >= 4 is 5.97 Å². The van der Waals surface area contributed by atoms with Crippen molar-refractivity contribution in [2.24, 2.45) is 81.3 Å². The number of fused-ring (bicyclic) bond motifs is 7. The zero-order valence-electron chi connectivity index (χ0n) is 34.6. The second-order valence-corrected chi connectivity index (χ2v) is 22.6. The molecule has 2 spiro atoms. The Morgan fingerprint density at radius 3 is 2.02 bits per heavy atom. The number of rotatable bonds is 9. The highest BCUT2D eigenvalue weighted by molar-refractivity contribution is 5.69. The van der Waals surface area contributed by atoms with Crippen LogP contribution in [0.5, 0.6) is 0 Å². The van der Waals surface area contributed by atoms with E-state index in [1.807, 2.05) is 0 Å². The summed E-state index contributed by atoms with van der Waals surface area (Å²) >= 11 is 0.